The van der Waals surface area contributed by atoms with E-state index in [1.54, 1.807) is 0 Å². The smallest absolute Gasteiger partial charge is 0.124 e. The molecule has 0 atom stereocenters. The van der Waals surface area contributed by atoms with Crippen molar-refractivity contribution in [3.63, 3.8) is 0 Å². The Bertz CT molecular complexity index is 643. The van der Waals surface area contributed by atoms with Gasteiger partial charge in [-0.2, -0.15) is 0 Å². The summed E-state index contributed by atoms with van der Waals surface area (Å²) in [7, 11) is 0. The van der Waals surface area contributed by atoms with Crippen molar-refractivity contribution >= 4 is 5.69 Å². The van der Waals surface area contributed by atoms with Gasteiger partial charge in [0.05, 0.1) is 13.2 Å². The molecule has 0 aliphatic carbocycles. The molecule has 0 radical (unpaired) electrons. The molecule has 0 spiro atoms. The van der Waals surface area contributed by atoms with E-state index in [1.165, 1.54) is 0 Å². The van der Waals surface area contributed by atoms with E-state index in [1.807, 2.05) is 49.4 Å². The van der Waals surface area contributed by atoms with Gasteiger partial charge in [-0.1, -0.05) is 38.1 Å². The second-order valence-corrected chi connectivity index (χ2v) is 6.57. The molecule has 0 fully saturated rings. The Balaban J connectivity index is 1.88. The molecule has 4 heteroatoms. The van der Waals surface area contributed by atoms with E-state index < -0.39 is 0 Å². The molecular weight excluding hydrogens is 326 g/mol. The summed E-state index contributed by atoms with van der Waals surface area (Å²) in [6, 6.07) is 16.2. The highest BCUT2D eigenvalue weighted by Crippen LogP contribution is 2.22. The van der Waals surface area contributed by atoms with Crippen LogP contribution >= 0.6 is 0 Å². The van der Waals surface area contributed by atoms with Crippen LogP contribution in [0.3, 0.4) is 0 Å². The van der Waals surface area contributed by atoms with Crippen molar-refractivity contribution in [3.05, 3.63) is 54.1 Å². The molecule has 1 N–H and O–H groups in total. The van der Waals surface area contributed by atoms with E-state index in [0.717, 1.165) is 35.8 Å². The zero-order valence-corrected chi connectivity index (χ0v) is 16.2. The van der Waals surface area contributed by atoms with Gasteiger partial charge in [0.1, 0.15) is 18.1 Å². The summed E-state index contributed by atoms with van der Waals surface area (Å²) in [5.74, 6) is 2.44. The molecule has 2 aromatic carbocycles. The summed E-state index contributed by atoms with van der Waals surface area (Å²) >= 11 is 0. The summed E-state index contributed by atoms with van der Waals surface area (Å²) in [5.41, 5.74) is 2.16. The first-order chi connectivity index (χ1) is 12.7. The second kappa shape index (κ2) is 11.4. The van der Waals surface area contributed by atoms with Crippen LogP contribution in [0.25, 0.3) is 0 Å². The molecule has 0 bridgehead atoms. The Morgan fingerprint density at radius 3 is 2.58 bits per heavy atom. The summed E-state index contributed by atoms with van der Waals surface area (Å²) in [4.78, 5) is 0. The largest absolute Gasteiger partial charge is 0.494 e. The van der Waals surface area contributed by atoms with Crippen molar-refractivity contribution in [2.45, 2.75) is 33.7 Å². The third-order valence-corrected chi connectivity index (χ3v) is 3.94. The van der Waals surface area contributed by atoms with Crippen molar-refractivity contribution in [2.24, 2.45) is 5.92 Å². The molecule has 4 nitrogen and oxygen atoms in total. The first-order valence-corrected chi connectivity index (χ1v) is 9.44. The van der Waals surface area contributed by atoms with Gasteiger partial charge in [-0.15, -0.1) is 0 Å². The molecule has 0 saturated heterocycles. The fourth-order valence-electron chi connectivity index (χ4n) is 2.45. The van der Waals surface area contributed by atoms with Gasteiger partial charge in [0.15, 0.2) is 0 Å². The van der Waals surface area contributed by atoms with Gasteiger partial charge in [-0.05, 0) is 37.5 Å². The maximum absolute atomic E-state index is 5.84. The molecule has 2 aromatic rings. The number of rotatable bonds is 12. The molecule has 0 heterocycles. The van der Waals surface area contributed by atoms with Crippen molar-refractivity contribution in [1.29, 1.82) is 0 Å². The number of nitrogens with one attached hydrogen (secondary N) is 1. The van der Waals surface area contributed by atoms with Crippen molar-refractivity contribution < 1.29 is 14.2 Å². The average molecular weight is 357 g/mol. The standard InChI is InChI=1S/C22H31NO3/c1-4-24-14-15-26-22-11-6-5-8-19(22)17-23-20-9-7-10-21(16-20)25-13-12-18(2)3/h5-11,16,18,23H,4,12-15,17H2,1-3H3. The van der Waals surface area contributed by atoms with E-state index >= 15 is 0 Å². The minimum absolute atomic E-state index is 0.560. The van der Waals surface area contributed by atoms with Crippen LogP contribution in [0.4, 0.5) is 5.69 Å². The molecule has 0 aliphatic rings. The van der Waals surface area contributed by atoms with Gasteiger partial charge in [-0.25, -0.2) is 0 Å². The molecule has 2 rings (SSSR count). The normalized spacial score (nSPS) is 10.8. The maximum atomic E-state index is 5.84. The molecule has 0 aliphatic heterocycles. The average Bonchev–Trinajstić information content (AvgIpc) is 2.64. The number of anilines is 1. The Labute approximate surface area is 157 Å². The first-order valence-electron chi connectivity index (χ1n) is 9.44. The van der Waals surface area contributed by atoms with Gasteiger partial charge in [0.25, 0.3) is 0 Å². The number of hydrogen-bond donors (Lipinski definition) is 1. The van der Waals surface area contributed by atoms with Crippen molar-refractivity contribution in [1.82, 2.24) is 0 Å². The van der Waals surface area contributed by atoms with E-state index in [9.17, 15) is 0 Å². The zero-order valence-electron chi connectivity index (χ0n) is 16.2. The zero-order chi connectivity index (χ0) is 18.6. The van der Waals surface area contributed by atoms with Crippen molar-refractivity contribution in [3.8, 4) is 11.5 Å². The fourth-order valence-corrected chi connectivity index (χ4v) is 2.45. The summed E-state index contributed by atoms with van der Waals surface area (Å²) in [6.07, 6.45) is 1.06. The lowest BCUT2D eigenvalue weighted by Gasteiger charge is -2.14. The van der Waals surface area contributed by atoms with Gasteiger partial charge in [0, 0.05) is 30.5 Å². The number of para-hydroxylation sites is 1. The molecule has 0 amide bonds. The Kier molecular flexibility index (Phi) is 8.84. The first kappa shape index (κ1) is 20.1. The van der Waals surface area contributed by atoms with Crippen LogP contribution in [0.2, 0.25) is 0 Å². The lowest BCUT2D eigenvalue weighted by Crippen LogP contribution is -2.09. The van der Waals surface area contributed by atoms with E-state index in [-0.39, 0.29) is 0 Å². The van der Waals surface area contributed by atoms with Gasteiger partial charge < -0.3 is 19.5 Å². The van der Waals surface area contributed by atoms with Crippen LogP contribution in [0.5, 0.6) is 11.5 Å². The molecule has 142 valence electrons. The monoisotopic (exact) mass is 357 g/mol. The van der Waals surface area contributed by atoms with Crippen molar-refractivity contribution in [2.75, 3.05) is 31.7 Å². The maximum Gasteiger partial charge on any atom is 0.124 e. The summed E-state index contributed by atoms with van der Waals surface area (Å²) < 4.78 is 17.0. The van der Waals surface area contributed by atoms with Gasteiger partial charge in [0.2, 0.25) is 0 Å². The third kappa shape index (κ3) is 7.36. The number of benzene rings is 2. The predicted molar refractivity (Wildman–Crippen MR) is 107 cm³/mol. The van der Waals surface area contributed by atoms with Gasteiger partial charge >= 0.3 is 0 Å². The SMILES string of the molecule is CCOCCOc1ccccc1CNc1cccc(OCCC(C)C)c1. The van der Waals surface area contributed by atoms with Crippen LogP contribution in [0.15, 0.2) is 48.5 Å². The molecule has 0 saturated carbocycles. The van der Waals surface area contributed by atoms with E-state index in [4.69, 9.17) is 14.2 Å². The minimum atomic E-state index is 0.560. The Morgan fingerprint density at radius 2 is 1.77 bits per heavy atom. The Hall–Kier alpha value is -2.20. The third-order valence-electron chi connectivity index (χ3n) is 3.94. The summed E-state index contributed by atoms with van der Waals surface area (Å²) in [6.45, 7) is 9.71. The lowest BCUT2D eigenvalue weighted by atomic mass is 10.1. The molecular formula is C22H31NO3. The predicted octanol–water partition coefficient (Wildman–Crippen LogP) is 5.14. The number of hydrogen-bond acceptors (Lipinski definition) is 4. The van der Waals surface area contributed by atoms with Crippen LogP contribution in [-0.2, 0) is 11.3 Å². The molecule has 0 aromatic heterocycles. The highest BCUT2D eigenvalue weighted by Gasteiger charge is 2.04. The summed E-state index contributed by atoms with van der Waals surface area (Å²) in [5, 5.41) is 3.45. The number of ether oxygens (including phenoxy) is 3. The Morgan fingerprint density at radius 1 is 0.923 bits per heavy atom. The highest BCUT2D eigenvalue weighted by molar-refractivity contribution is 5.49. The quantitative estimate of drug-likeness (QED) is 0.534. The second-order valence-electron chi connectivity index (χ2n) is 6.57. The van der Waals surface area contributed by atoms with Crippen LogP contribution in [0.1, 0.15) is 32.8 Å². The molecule has 0 unspecified atom stereocenters. The lowest BCUT2D eigenvalue weighted by molar-refractivity contribution is 0.110. The van der Waals surface area contributed by atoms with E-state index in [2.05, 4.69) is 25.2 Å². The van der Waals surface area contributed by atoms with Crippen LogP contribution in [-0.4, -0.2) is 26.4 Å². The van der Waals surface area contributed by atoms with Crippen LogP contribution < -0.4 is 14.8 Å². The fraction of sp³-hybridized carbons (Fsp3) is 0.455. The van der Waals surface area contributed by atoms with Crippen LogP contribution in [0, 0.1) is 5.92 Å². The highest BCUT2D eigenvalue weighted by atomic mass is 16.5. The van der Waals surface area contributed by atoms with Gasteiger partial charge in [-0.3, -0.25) is 0 Å². The topological polar surface area (TPSA) is 39.7 Å². The minimum Gasteiger partial charge on any atom is -0.494 e. The molecule has 26 heavy (non-hydrogen) atoms. The van der Waals surface area contributed by atoms with E-state index in [0.29, 0.717) is 32.3 Å².